The number of hydrogen-bond donors (Lipinski definition) is 1. The minimum atomic E-state index is 0.372. The maximum Gasteiger partial charge on any atom is 0.224 e. The maximum absolute atomic E-state index is 12.5. The number of carbonyl (C=O) groups excluding carboxylic acids is 1. The van der Waals surface area contributed by atoms with Gasteiger partial charge in [-0.1, -0.05) is 6.42 Å². The average Bonchev–Trinajstić information content (AvgIpc) is 2.90. The lowest BCUT2D eigenvalue weighted by atomic mass is 9.96. The first-order valence-electron chi connectivity index (χ1n) is 8.01. The molecule has 0 aromatic rings. The van der Waals surface area contributed by atoms with Crippen LogP contribution in [0.4, 0.5) is 0 Å². The van der Waals surface area contributed by atoms with Crippen molar-refractivity contribution in [3.8, 4) is 0 Å². The van der Waals surface area contributed by atoms with E-state index < -0.39 is 0 Å². The van der Waals surface area contributed by atoms with Crippen molar-refractivity contribution in [3.63, 3.8) is 0 Å². The van der Waals surface area contributed by atoms with Gasteiger partial charge in [-0.15, -0.1) is 0 Å². The van der Waals surface area contributed by atoms with Gasteiger partial charge >= 0.3 is 0 Å². The molecule has 1 amide bonds. The topological polar surface area (TPSA) is 35.6 Å². The van der Waals surface area contributed by atoms with Crippen LogP contribution in [0.25, 0.3) is 0 Å². The smallest absolute Gasteiger partial charge is 0.224 e. The van der Waals surface area contributed by atoms with Gasteiger partial charge in [0.25, 0.3) is 0 Å². The van der Waals surface area contributed by atoms with Crippen molar-refractivity contribution in [2.45, 2.75) is 63.6 Å². The molecule has 108 valence electrons. The third-order valence-electron chi connectivity index (χ3n) is 5.09. The molecule has 3 unspecified atom stereocenters. The number of fused-ring (bicyclic) bond motifs is 1. The Morgan fingerprint density at radius 1 is 1.21 bits per heavy atom. The van der Waals surface area contributed by atoms with Gasteiger partial charge in [0.2, 0.25) is 5.91 Å². The van der Waals surface area contributed by atoms with Crippen LogP contribution >= 0.6 is 0 Å². The molecular weight excluding hydrogens is 238 g/mol. The van der Waals surface area contributed by atoms with Gasteiger partial charge in [-0.25, -0.2) is 0 Å². The predicted molar refractivity (Wildman–Crippen MR) is 76.0 cm³/mol. The van der Waals surface area contributed by atoms with E-state index in [1.165, 1.54) is 38.6 Å². The molecule has 19 heavy (non-hydrogen) atoms. The van der Waals surface area contributed by atoms with Crippen molar-refractivity contribution in [2.24, 2.45) is 0 Å². The summed E-state index contributed by atoms with van der Waals surface area (Å²) in [5.74, 6) is 0.372. The van der Waals surface area contributed by atoms with Gasteiger partial charge in [0.05, 0.1) is 0 Å². The number of nitrogens with one attached hydrogen (secondary N) is 1. The van der Waals surface area contributed by atoms with E-state index in [1.54, 1.807) is 0 Å². The Hall–Kier alpha value is -0.610. The Labute approximate surface area is 116 Å². The van der Waals surface area contributed by atoms with E-state index in [4.69, 9.17) is 0 Å². The molecule has 0 aromatic carbocycles. The number of hydrogen-bond acceptors (Lipinski definition) is 3. The summed E-state index contributed by atoms with van der Waals surface area (Å²) in [7, 11) is 0. The van der Waals surface area contributed by atoms with Crippen molar-refractivity contribution < 1.29 is 4.79 Å². The van der Waals surface area contributed by atoms with Crippen LogP contribution in [0, 0.1) is 0 Å². The molecule has 3 rings (SSSR count). The quantitative estimate of drug-likeness (QED) is 0.815. The summed E-state index contributed by atoms with van der Waals surface area (Å²) >= 11 is 0. The maximum atomic E-state index is 12.5. The van der Waals surface area contributed by atoms with Crippen molar-refractivity contribution >= 4 is 5.91 Å². The third-order valence-corrected chi connectivity index (χ3v) is 5.09. The Kier molecular flexibility index (Phi) is 4.08. The van der Waals surface area contributed by atoms with Crippen molar-refractivity contribution in [1.29, 1.82) is 0 Å². The van der Waals surface area contributed by atoms with E-state index in [9.17, 15) is 4.79 Å². The Morgan fingerprint density at radius 2 is 2.11 bits per heavy atom. The summed E-state index contributed by atoms with van der Waals surface area (Å²) in [6, 6.07) is 1.46. The first-order valence-corrected chi connectivity index (χ1v) is 8.01. The van der Waals surface area contributed by atoms with Gasteiger partial charge in [0, 0.05) is 37.6 Å². The second kappa shape index (κ2) is 5.80. The van der Waals surface area contributed by atoms with Crippen LogP contribution in [0.5, 0.6) is 0 Å². The Morgan fingerprint density at radius 3 is 2.89 bits per heavy atom. The number of amides is 1. The van der Waals surface area contributed by atoms with E-state index in [0.29, 0.717) is 30.5 Å². The molecule has 3 aliphatic rings. The standard InChI is InChI=1S/C15H27N3O/c1-12-10-17-8-3-2-6-14(17)11-18(12)15(19)9-13-5-4-7-16-13/h12-14,16H,2-11H2,1H3. The highest BCUT2D eigenvalue weighted by Gasteiger charge is 2.35. The summed E-state index contributed by atoms with van der Waals surface area (Å²) < 4.78 is 0. The molecule has 4 nitrogen and oxygen atoms in total. The molecule has 3 fully saturated rings. The predicted octanol–water partition coefficient (Wildman–Crippen LogP) is 1.21. The number of piperidine rings is 1. The highest BCUT2D eigenvalue weighted by molar-refractivity contribution is 5.77. The molecule has 0 aliphatic carbocycles. The molecule has 0 spiro atoms. The molecule has 3 aliphatic heterocycles. The van der Waals surface area contributed by atoms with Crippen molar-refractivity contribution in [1.82, 2.24) is 15.1 Å². The number of piperazine rings is 1. The van der Waals surface area contributed by atoms with Gasteiger partial charge in [-0.05, 0) is 45.7 Å². The van der Waals surface area contributed by atoms with Crippen LogP contribution in [0.15, 0.2) is 0 Å². The largest absolute Gasteiger partial charge is 0.337 e. The van der Waals surface area contributed by atoms with E-state index >= 15 is 0 Å². The van der Waals surface area contributed by atoms with Gasteiger partial charge < -0.3 is 10.2 Å². The summed E-state index contributed by atoms with van der Waals surface area (Å²) in [4.78, 5) is 17.3. The lowest BCUT2D eigenvalue weighted by Gasteiger charge is -2.47. The zero-order valence-corrected chi connectivity index (χ0v) is 12.1. The average molecular weight is 265 g/mol. The zero-order valence-electron chi connectivity index (χ0n) is 12.1. The fourth-order valence-electron chi connectivity index (χ4n) is 3.96. The van der Waals surface area contributed by atoms with E-state index in [0.717, 1.165) is 19.6 Å². The monoisotopic (exact) mass is 265 g/mol. The summed E-state index contributed by atoms with van der Waals surface area (Å²) in [6.45, 7) is 6.58. The SMILES string of the molecule is CC1CN2CCCCC2CN1C(=O)CC1CCCN1. The molecule has 0 aromatic heterocycles. The number of rotatable bonds is 2. The van der Waals surface area contributed by atoms with Crippen LogP contribution in [0.2, 0.25) is 0 Å². The molecule has 4 heteroatoms. The van der Waals surface area contributed by atoms with E-state index in [2.05, 4.69) is 22.0 Å². The zero-order chi connectivity index (χ0) is 13.2. The van der Waals surface area contributed by atoms with E-state index in [1.807, 2.05) is 0 Å². The first kappa shape index (κ1) is 13.4. The minimum absolute atomic E-state index is 0.372. The highest BCUT2D eigenvalue weighted by atomic mass is 16.2. The lowest BCUT2D eigenvalue weighted by molar-refractivity contribution is -0.138. The normalized spacial score (nSPS) is 36.3. The van der Waals surface area contributed by atoms with Crippen LogP contribution in [0.3, 0.4) is 0 Å². The summed E-state index contributed by atoms with van der Waals surface area (Å²) in [5.41, 5.74) is 0. The molecule has 3 atom stereocenters. The van der Waals surface area contributed by atoms with Gasteiger partial charge in [-0.3, -0.25) is 9.69 Å². The first-order chi connectivity index (χ1) is 9.24. The van der Waals surface area contributed by atoms with Crippen molar-refractivity contribution in [3.05, 3.63) is 0 Å². The molecule has 1 N–H and O–H groups in total. The number of carbonyl (C=O) groups is 1. The van der Waals surface area contributed by atoms with Crippen LogP contribution < -0.4 is 5.32 Å². The number of nitrogens with zero attached hydrogens (tertiary/aromatic N) is 2. The van der Waals surface area contributed by atoms with Gasteiger partial charge in [-0.2, -0.15) is 0 Å². The fraction of sp³-hybridized carbons (Fsp3) is 0.933. The van der Waals surface area contributed by atoms with E-state index in [-0.39, 0.29) is 0 Å². The molecule has 0 saturated carbocycles. The summed E-state index contributed by atoms with van der Waals surface area (Å²) in [5, 5.41) is 3.44. The third kappa shape index (κ3) is 2.95. The minimum Gasteiger partial charge on any atom is -0.337 e. The Bertz CT molecular complexity index is 327. The molecule has 3 saturated heterocycles. The highest BCUT2D eigenvalue weighted by Crippen LogP contribution is 2.25. The van der Waals surface area contributed by atoms with Gasteiger partial charge in [0.15, 0.2) is 0 Å². The van der Waals surface area contributed by atoms with Gasteiger partial charge in [0.1, 0.15) is 0 Å². The summed E-state index contributed by atoms with van der Waals surface area (Å²) in [6.07, 6.45) is 7.05. The fourth-order valence-corrected chi connectivity index (χ4v) is 3.96. The van der Waals surface area contributed by atoms with Crippen molar-refractivity contribution in [2.75, 3.05) is 26.2 Å². The Balaban J connectivity index is 1.58. The lowest BCUT2D eigenvalue weighted by Crippen LogP contribution is -2.60. The second-order valence-corrected chi connectivity index (χ2v) is 6.54. The molecular formula is C15H27N3O. The van der Waals surface area contributed by atoms with Crippen LogP contribution in [0.1, 0.15) is 45.4 Å². The molecule has 3 heterocycles. The molecule has 0 bridgehead atoms. The molecule has 0 radical (unpaired) electrons. The van der Waals surface area contributed by atoms with Crippen LogP contribution in [-0.4, -0.2) is 60.0 Å². The second-order valence-electron chi connectivity index (χ2n) is 6.54. The van der Waals surface area contributed by atoms with Crippen LogP contribution in [-0.2, 0) is 4.79 Å².